The van der Waals surface area contributed by atoms with Gasteiger partial charge in [-0.2, -0.15) is 0 Å². The molecule has 0 saturated heterocycles. The van der Waals surface area contributed by atoms with Crippen LogP contribution in [0.15, 0.2) is 30.3 Å². The van der Waals surface area contributed by atoms with Gasteiger partial charge in [-0.15, -0.1) is 0 Å². The van der Waals surface area contributed by atoms with Gasteiger partial charge in [-0.3, -0.25) is 0 Å². The number of hydrogen-bond acceptors (Lipinski definition) is 3. The van der Waals surface area contributed by atoms with Crippen LogP contribution in [0.5, 0.6) is 11.5 Å². The molecule has 0 bridgehead atoms. The van der Waals surface area contributed by atoms with Gasteiger partial charge in [0.2, 0.25) is 0 Å². The standard InChI is InChI=1S/C16H13F3O3/c1-21-11-3-9(4-12(7-11)22-2)13(8-20)16-14(18)5-10(17)6-15(16)19/h3-8,13H,1-2H3/t13-/m0/s1. The van der Waals surface area contributed by atoms with Crippen LogP contribution in [-0.2, 0) is 4.79 Å². The Morgan fingerprint density at radius 2 is 1.41 bits per heavy atom. The molecule has 116 valence electrons. The molecule has 0 aliphatic carbocycles. The van der Waals surface area contributed by atoms with Gasteiger partial charge in [0.25, 0.3) is 0 Å². The molecule has 6 heteroatoms. The molecule has 3 nitrogen and oxygen atoms in total. The van der Waals surface area contributed by atoms with E-state index in [0.29, 0.717) is 29.9 Å². The van der Waals surface area contributed by atoms with Crippen molar-refractivity contribution in [3.8, 4) is 11.5 Å². The number of benzene rings is 2. The highest BCUT2D eigenvalue weighted by atomic mass is 19.1. The Bertz CT molecular complexity index is 656. The quantitative estimate of drug-likeness (QED) is 0.794. The number of hydrogen-bond donors (Lipinski definition) is 0. The normalized spacial score (nSPS) is 11.9. The second-order valence-electron chi connectivity index (χ2n) is 4.54. The maximum atomic E-state index is 13.9. The summed E-state index contributed by atoms with van der Waals surface area (Å²) in [7, 11) is 2.82. The van der Waals surface area contributed by atoms with Crippen LogP contribution in [-0.4, -0.2) is 20.5 Å². The van der Waals surface area contributed by atoms with Crippen molar-refractivity contribution in [3.63, 3.8) is 0 Å². The summed E-state index contributed by atoms with van der Waals surface area (Å²) in [6.07, 6.45) is 0.383. The maximum Gasteiger partial charge on any atom is 0.133 e. The molecule has 0 unspecified atom stereocenters. The summed E-state index contributed by atoms with van der Waals surface area (Å²) in [5.41, 5.74) is -0.248. The zero-order valence-corrected chi connectivity index (χ0v) is 11.9. The maximum absolute atomic E-state index is 13.9. The summed E-state index contributed by atoms with van der Waals surface area (Å²) >= 11 is 0. The molecule has 0 aliphatic heterocycles. The van der Waals surface area contributed by atoms with Crippen LogP contribution in [0, 0.1) is 17.5 Å². The number of methoxy groups -OCH3 is 2. The molecule has 0 spiro atoms. The highest BCUT2D eigenvalue weighted by molar-refractivity contribution is 5.69. The number of carbonyl (C=O) groups excluding carboxylic acids is 1. The predicted molar refractivity (Wildman–Crippen MR) is 73.8 cm³/mol. The van der Waals surface area contributed by atoms with E-state index >= 15 is 0 Å². The number of rotatable bonds is 5. The van der Waals surface area contributed by atoms with Crippen molar-refractivity contribution >= 4 is 6.29 Å². The lowest BCUT2D eigenvalue weighted by Crippen LogP contribution is -2.09. The monoisotopic (exact) mass is 310 g/mol. The molecular formula is C16H13F3O3. The predicted octanol–water partition coefficient (Wildman–Crippen LogP) is 3.45. The first-order valence-electron chi connectivity index (χ1n) is 6.32. The van der Waals surface area contributed by atoms with Crippen molar-refractivity contribution in [2.45, 2.75) is 5.92 Å². The van der Waals surface area contributed by atoms with Crippen LogP contribution in [0.4, 0.5) is 13.2 Å². The molecule has 0 fully saturated rings. The van der Waals surface area contributed by atoms with Gasteiger partial charge in [0.1, 0.15) is 35.2 Å². The highest BCUT2D eigenvalue weighted by Gasteiger charge is 2.24. The third-order valence-electron chi connectivity index (χ3n) is 3.22. The summed E-state index contributed by atoms with van der Waals surface area (Å²) in [5, 5.41) is 0. The van der Waals surface area contributed by atoms with Crippen molar-refractivity contribution in [2.75, 3.05) is 14.2 Å². The van der Waals surface area contributed by atoms with E-state index in [1.807, 2.05) is 0 Å². The molecular weight excluding hydrogens is 297 g/mol. The van der Waals surface area contributed by atoms with E-state index in [1.165, 1.54) is 26.4 Å². The zero-order chi connectivity index (χ0) is 16.3. The smallest absolute Gasteiger partial charge is 0.133 e. The fourth-order valence-corrected chi connectivity index (χ4v) is 2.17. The first-order valence-corrected chi connectivity index (χ1v) is 6.32. The number of halogens is 3. The van der Waals surface area contributed by atoms with Gasteiger partial charge in [0.05, 0.1) is 20.1 Å². The summed E-state index contributed by atoms with van der Waals surface area (Å²) in [6, 6.07) is 5.55. The Hall–Kier alpha value is -2.50. The second kappa shape index (κ2) is 6.51. The van der Waals surface area contributed by atoms with Gasteiger partial charge in [-0.1, -0.05) is 0 Å². The van der Waals surface area contributed by atoms with Gasteiger partial charge >= 0.3 is 0 Å². The van der Waals surface area contributed by atoms with E-state index in [2.05, 4.69) is 0 Å². The molecule has 0 aliphatic rings. The van der Waals surface area contributed by atoms with E-state index in [4.69, 9.17) is 9.47 Å². The first kappa shape index (κ1) is 15.9. The zero-order valence-electron chi connectivity index (χ0n) is 11.9. The van der Waals surface area contributed by atoms with Crippen molar-refractivity contribution < 1.29 is 27.4 Å². The van der Waals surface area contributed by atoms with Crippen LogP contribution >= 0.6 is 0 Å². The molecule has 2 aromatic rings. The van der Waals surface area contributed by atoms with Gasteiger partial charge in [-0.05, 0) is 17.7 Å². The largest absolute Gasteiger partial charge is 0.497 e. The molecule has 0 saturated carbocycles. The van der Waals surface area contributed by atoms with E-state index in [-0.39, 0.29) is 5.56 Å². The molecule has 0 amide bonds. The third kappa shape index (κ3) is 3.05. The van der Waals surface area contributed by atoms with Gasteiger partial charge in [0.15, 0.2) is 0 Å². The summed E-state index contributed by atoms with van der Waals surface area (Å²) < 4.78 is 50.9. The lowest BCUT2D eigenvalue weighted by atomic mass is 9.91. The lowest BCUT2D eigenvalue weighted by Gasteiger charge is -2.15. The molecule has 0 radical (unpaired) electrons. The SMILES string of the molecule is COc1cc(OC)cc([C@H](C=O)c2c(F)cc(F)cc2F)c1. The van der Waals surface area contributed by atoms with Gasteiger partial charge < -0.3 is 14.3 Å². The van der Waals surface area contributed by atoms with Crippen LogP contribution in [0.25, 0.3) is 0 Å². The third-order valence-corrected chi connectivity index (χ3v) is 3.22. The van der Waals surface area contributed by atoms with Crippen molar-refractivity contribution in [3.05, 3.63) is 58.9 Å². The highest BCUT2D eigenvalue weighted by Crippen LogP contribution is 2.33. The lowest BCUT2D eigenvalue weighted by molar-refractivity contribution is -0.108. The molecule has 0 heterocycles. The molecule has 0 aromatic heterocycles. The fourth-order valence-electron chi connectivity index (χ4n) is 2.17. The van der Waals surface area contributed by atoms with E-state index in [9.17, 15) is 18.0 Å². The summed E-state index contributed by atoms with van der Waals surface area (Å²) in [5.74, 6) is -3.82. The molecule has 2 rings (SSSR count). The Morgan fingerprint density at radius 1 is 0.909 bits per heavy atom. The van der Waals surface area contributed by atoms with Crippen LogP contribution in [0.2, 0.25) is 0 Å². The van der Waals surface area contributed by atoms with Crippen molar-refractivity contribution in [1.82, 2.24) is 0 Å². The van der Waals surface area contributed by atoms with Gasteiger partial charge in [0, 0.05) is 23.8 Å². The second-order valence-corrected chi connectivity index (χ2v) is 4.54. The average molecular weight is 310 g/mol. The Morgan fingerprint density at radius 3 is 1.82 bits per heavy atom. The Kier molecular flexibility index (Phi) is 4.70. The Labute approximate surface area is 125 Å². The van der Waals surface area contributed by atoms with Gasteiger partial charge in [-0.25, -0.2) is 13.2 Å². The topological polar surface area (TPSA) is 35.5 Å². The van der Waals surface area contributed by atoms with E-state index in [1.54, 1.807) is 6.07 Å². The van der Waals surface area contributed by atoms with Crippen LogP contribution < -0.4 is 9.47 Å². The fraction of sp³-hybridized carbons (Fsp3) is 0.188. The van der Waals surface area contributed by atoms with E-state index in [0.717, 1.165) is 0 Å². The molecule has 0 N–H and O–H groups in total. The van der Waals surface area contributed by atoms with Crippen LogP contribution in [0.1, 0.15) is 17.0 Å². The number of ether oxygens (including phenoxy) is 2. The Balaban J connectivity index is 2.60. The molecule has 1 atom stereocenters. The minimum Gasteiger partial charge on any atom is -0.497 e. The number of aldehydes is 1. The number of carbonyl (C=O) groups is 1. The first-order chi connectivity index (χ1) is 10.5. The molecule has 22 heavy (non-hydrogen) atoms. The minimum atomic E-state index is -1.25. The minimum absolute atomic E-state index is 0.274. The van der Waals surface area contributed by atoms with E-state index < -0.39 is 28.9 Å². The van der Waals surface area contributed by atoms with Crippen molar-refractivity contribution in [2.24, 2.45) is 0 Å². The van der Waals surface area contributed by atoms with Crippen molar-refractivity contribution in [1.29, 1.82) is 0 Å². The average Bonchev–Trinajstić information content (AvgIpc) is 2.49. The van der Waals surface area contributed by atoms with Crippen LogP contribution in [0.3, 0.4) is 0 Å². The summed E-state index contributed by atoms with van der Waals surface area (Å²) in [6.45, 7) is 0. The summed E-state index contributed by atoms with van der Waals surface area (Å²) in [4.78, 5) is 11.4. The molecule has 2 aromatic carbocycles.